The molecule has 1 saturated heterocycles. The Balaban J connectivity index is 2.20. The first-order chi connectivity index (χ1) is 8.20. The average Bonchev–Trinajstić information content (AvgIpc) is 2.38. The number of nitrogen functional groups attached to an aromatic ring is 1. The largest absolute Gasteiger partial charge is 0.384 e. The number of hydrogen-bond donors (Lipinski definition) is 1. The van der Waals surface area contributed by atoms with E-state index in [0.29, 0.717) is 37.7 Å². The lowest BCUT2D eigenvalue weighted by Crippen LogP contribution is -2.40. The van der Waals surface area contributed by atoms with Crippen LogP contribution >= 0.6 is 0 Å². The number of aromatic nitrogens is 1. The van der Waals surface area contributed by atoms with E-state index in [9.17, 15) is 4.79 Å². The number of morpholine rings is 1. The summed E-state index contributed by atoms with van der Waals surface area (Å²) in [5, 5.41) is 0. The first-order valence-electron chi connectivity index (χ1n) is 5.84. The van der Waals surface area contributed by atoms with Gasteiger partial charge in [0.2, 0.25) is 0 Å². The van der Waals surface area contributed by atoms with Crippen LogP contribution in [0.2, 0.25) is 0 Å². The van der Waals surface area contributed by atoms with Gasteiger partial charge in [-0.2, -0.15) is 0 Å². The molecule has 2 heterocycles. The summed E-state index contributed by atoms with van der Waals surface area (Å²) >= 11 is 0. The second-order valence-electron chi connectivity index (χ2n) is 4.03. The Hall–Kier alpha value is -1.62. The molecule has 1 aliphatic rings. The molecule has 0 aromatic carbocycles. The lowest BCUT2D eigenvalue weighted by Gasteiger charge is -2.27. The smallest absolute Gasteiger partial charge is 0.254 e. The second kappa shape index (κ2) is 5.14. The number of nitrogens with two attached hydrogens (primary N) is 1. The van der Waals surface area contributed by atoms with E-state index in [1.54, 1.807) is 11.0 Å². The Labute approximate surface area is 101 Å². The van der Waals surface area contributed by atoms with E-state index >= 15 is 0 Å². The molecule has 1 aromatic rings. The van der Waals surface area contributed by atoms with Gasteiger partial charge in [-0.1, -0.05) is 6.92 Å². The van der Waals surface area contributed by atoms with Crippen LogP contribution in [0.3, 0.4) is 0 Å². The fraction of sp³-hybridized carbons (Fsp3) is 0.500. The third-order valence-corrected chi connectivity index (χ3v) is 2.81. The van der Waals surface area contributed by atoms with Crippen molar-refractivity contribution in [1.29, 1.82) is 0 Å². The van der Waals surface area contributed by atoms with Gasteiger partial charge in [0.25, 0.3) is 5.91 Å². The summed E-state index contributed by atoms with van der Waals surface area (Å²) in [6.45, 7) is 4.48. The van der Waals surface area contributed by atoms with E-state index in [2.05, 4.69) is 4.98 Å². The molecule has 0 atom stereocenters. The summed E-state index contributed by atoms with van der Waals surface area (Å²) in [5.74, 6) is 0.415. The number of amides is 1. The van der Waals surface area contributed by atoms with Crippen molar-refractivity contribution in [3.8, 4) is 0 Å². The third kappa shape index (κ3) is 2.74. The molecule has 5 nitrogen and oxygen atoms in total. The van der Waals surface area contributed by atoms with Crippen LogP contribution < -0.4 is 5.73 Å². The minimum atomic E-state index is 0.0112. The molecule has 1 aromatic heterocycles. The zero-order chi connectivity index (χ0) is 12.3. The minimum absolute atomic E-state index is 0.0112. The number of rotatable bonds is 2. The number of hydrogen-bond acceptors (Lipinski definition) is 4. The molecule has 1 fully saturated rings. The number of ether oxygens (including phenoxy) is 1. The highest BCUT2D eigenvalue weighted by atomic mass is 16.5. The van der Waals surface area contributed by atoms with Gasteiger partial charge in [0.05, 0.1) is 13.2 Å². The number of nitrogens with zero attached hydrogens (tertiary/aromatic N) is 2. The second-order valence-corrected chi connectivity index (χ2v) is 4.03. The molecular weight excluding hydrogens is 218 g/mol. The molecule has 0 radical (unpaired) electrons. The van der Waals surface area contributed by atoms with Crippen molar-refractivity contribution >= 4 is 11.7 Å². The highest BCUT2D eigenvalue weighted by molar-refractivity contribution is 5.95. The van der Waals surface area contributed by atoms with Gasteiger partial charge >= 0.3 is 0 Å². The summed E-state index contributed by atoms with van der Waals surface area (Å²) in [7, 11) is 0. The molecule has 5 heteroatoms. The zero-order valence-electron chi connectivity index (χ0n) is 9.98. The van der Waals surface area contributed by atoms with Gasteiger partial charge in [-0.25, -0.2) is 4.98 Å². The summed E-state index contributed by atoms with van der Waals surface area (Å²) in [6, 6.07) is 3.45. The maximum Gasteiger partial charge on any atom is 0.254 e. The molecule has 0 aliphatic carbocycles. The van der Waals surface area contributed by atoms with Crippen molar-refractivity contribution in [2.75, 3.05) is 32.0 Å². The maximum absolute atomic E-state index is 12.2. The zero-order valence-corrected chi connectivity index (χ0v) is 9.98. The Morgan fingerprint density at radius 3 is 2.82 bits per heavy atom. The summed E-state index contributed by atoms with van der Waals surface area (Å²) in [4.78, 5) is 18.2. The maximum atomic E-state index is 12.2. The highest BCUT2D eigenvalue weighted by Gasteiger charge is 2.19. The van der Waals surface area contributed by atoms with E-state index in [0.717, 1.165) is 12.1 Å². The van der Waals surface area contributed by atoms with Crippen molar-refractivity contribution < 1.29 is 9.53 Å². The van der Waals surface area contributed by atoms with Crippen molar-refractivity contribution in [3.05, 3.63) is 23.4 Å². The van der Waals surface area contributed by atoms with Crippen LogP contribution in [-0.4, -0.2) is 42.1 Å². The minimum Gasteiger partial charge on any atom is -0.384 e. The van der Waals surface area contributed by atoms with Crippen molar-refractivity contribution in [3.63, 3.8) is 0 Å². The standard InChI is InChI=1S/C12H17N3O2/c1-2-10-7-9(8-11(13)14-10)12(16)15-3-5-17-6-4-15/h7-8H,2-6H2,1H3,(H2,13,14). The van der Waals surface area contributed by atoms with Crippen LogP contribution in [-0.2, 0) is 11.2 Å². The lowest BCUT2D eigenvalue weighted by atomic mass is 10.1. The molecule has 0 bridgehead atoms. The highest BCUT2D eigenvalue weighted by Crippen LogP contribution is 2.12. The Morgan fingerprint density at radius 1 is 1.47 bits per heavy atom. The summed E-state index contributed by atoms with van der Waals surface area (Å²) < 4.78 is 5.22. The Morgan fingerprint density at radius 2 is 2.18 bits per heavy atom. The van der Waals surface area contributed by atoms with E-state index in [-0.39, 0.29) is 5.91 Å². The number of carbonyl (C=O) groups excluding carboxylic acids is 1. The van der Waals surface area contributed by atoms with Crippen molar-refractivity contribution in [2.24, 2.45) is 0 Å². The molecule has 2 rings (SSSR count). The van der Waals surface area contributed by atoms with Crippen molar-refractivity contribution in [2.45, 2.75) is 13.3 Å². The Bertz CT molecular complexity index is 414. The molecule has 1 aliphatic heterocycles. The third-order valence-electron chi connectivity index (χ3n) is 2.81. The van der Waals surface area contributed by atoms with Crippen LogP contribution in [0.1, 0.15) is 23.0 Å². The van der Waals surface area contributed by atoms with Crippen LogP contribution in [0.5, 0.6) is 0 Å². The molecule has 17 heavy (non-hydrogen) atoms. The van der Waals surface area contributed by atoms with E-state index in [4.69, 9.17) is 10.5 Å². The fourth-order valence-corrected chi connectivity index (χ4v) is 1.86. The van der Waals surface area contributed by atoms with Crippen molar-refractivity contribution in [1.82, 2.24) is 9.88 Å². The van der Waals surface area contributed by atoms with Gasteiger partial charge in [-0.3, -0.25) is 4.79 Å². The number of anilines is 1. The monoisotopic (exact) mass is 235 g/mol. The lowest BCUT2D eigenvalue weighted by molar-refractivity contribution is 0.0303. The predicted molar refractivity (Wildman–Crippen MR) is 64.7 cm³/mol. The number of carbonyl (C=O) groups is 1. The summed E-state index contributed by atoms with van der Waals surface area (Å²) in [6.07, 6.45) is 0.772. The molecule has 92 valence electrons. The SMILES string of the molecule is CCc1cc(C(=O)N2CCOCC2)cc(N)n1. The van der Waals surface area contributed by atoms with Crippen LogP contribution in [0.15, 0.2) is 12.1 Å². The molecule has 0 unspecified atom stereocenters. The van der Waals surface area contributed by atoms with Gasteiger partial charge < -0.3 is 15.4 Å². The van der Waals surface area contributed by atoms with E-state index < -0.39 is 0 Å². The first kappa shape index (κ1) is 11.9. The van der Waals surface area contributed by atoms with Crippen LogP contribution in [0, 0.1) is 0 Å². The van der Waals surface area contributed by atoms with Gasteiger partial charge in [0.15, 0.2) is 0 Å². The van der Waals surface area contributed by atoms with Gasteiger partial charge in [-0.15, -0.1) is 0 Å². The normalized spacial score (nSPS) is 15.9. The molecule has 1 amide bonds. The Kier molecular flexibility index (Phi) is 3.58. The van der Waals surface area contributed by atoms with E-state index in [1.807, 2.05) is 13.0 Å². The number of pyridine rings is 1. The van der Waals surface area contributed by atoms with Gasteiger partial charge in [0, 0.05) is 24.3 Å². The predicted octanol–water partition coefficient (Wildman–Crippen LogP) is 0.699. The molecule has 0 saturated carbocycles. The number of aryl methyl sites for hydroxylation is 1. The molecular formula is C12H17N3O2. The topological polar surface area (TPSA) is 68.5 Å². The summed E-state index contributed by atoms with van der Waals surface area (Å²) in [5.41, 5.74) is 7.17. The van der Waals surface area contributed by atoms with E-state index in [1.165, 1.54) is 0 Å². The van der Waals surface area contributed by atoms with Gasteiger partial charge in [0.1, 0.15) is 5.82 Å². The van der Waals surface area contributed by atoms with Crippen LogP contribution in [0.4, 0.5) is 5.82 Å². The molecule has 2 N–H and O–H groups in total. The first-order valence-corrected chi connectivity index (χ1v) is 5.84. The van der Waals surface area contributed by atoms with Gasteiger partial charge in [-0.05, 0) is 18.6 Å². The fourth-order valence-electron chi connectivity index (χ4n) is 1.86. The molecule has 0 spiro atoms. The quantitative estimate of drug-likeness (QED) is 0.819. The van der Waals surface area contributed by atoms with Crippen LogP contribution in [0.25, 0.3) is 0 Å². The average molecular weight is 235 g/mol.